The summed E-state index contributed by atoms with van der Waals surface area (Å²) in [6, 6.07) is 19.3. The van der Waals surface area contributed by atoms with Gasteiger partial charge in [-0.3, -0.25) is 9.69 Å². The summed E-state index contributed by atoms with van der Waals surface area (Å²) in [6.07, 6.45) is 3.47. The summed E-state index contributed by atoms with van der Waals surface area (Å²) in [5, 5.41) is 0. The molecule has 0 amide bonds. The van der Waals surface area contributed by atoms with Crippen LogP contribution in [0.25, 0.3) is 11.1 Å². The third-order valence-electron chi connectivity index (χ3n) is 5.38. The average Bonchev–Trinajstić information content (AvgIpc) is 2.76. The van der Waals surface area contributed by atoms with Crippen molar-refractivity contribution in [3.05, 3.63) is 82.9 Å². The van der Waals surface area contributed by atoms with Crippen LogP contribution in [0.4, 0.5) is 5.82 Å². The van der Waals surface area contributed by atoms with Crippen molar-refractivity contribution in [1.29, 1.82) is 0 Å². The molecule has 5 nitrogen and oxygen atoms in total. The van der Waals surface area contributed by atoms with Gasteiger partial charge in [-0.05, 0) is 23.6 Å². The van der Waals surface area contributed by atoms with Gasteiger partial charge in [0.05, 0.1) is 0 Å². The molecule has 0 spiro atoms. The van der Waals surface area contributed by atoms with E-state index in [1.165, 1.54) is 16.7 Å². The van der Waals surface area contributed by atoms with Crippen molar-refractivity contribution in [3.63, 3.8) is 0 Å². The van der Waals surface area contributed by atoms with E-state index in [1.54, 1.807) is 17.0 Å². The number of anilines is 1. The molecule has 0 aliphatic carbocycles. The maximum absolute atomic E-state index is 12.5. The van der Waals surface area contributed by atoms with Gasteiger partial charge in [0, 0.05) is 51.7 Å². The van der Waals surface area contributed by atoms with Crippen molar-refractivity contribution >= 4 is 5.82 Å². The maximum Gasteiger partial charge on any atom is 0.293 e. The van der Waals surface area contributed by atoms with E-state index in [4.69, 9.17) is 0 Å². The lowest BCUT2D eigenvalue weighted by molar-refractivity contribution is 0.249. The van der Waals surface area contributed by atoms with Gasteiger partial charge in [0.2, 0.25) is 0 Å². The van der Waals surface area contributed by atoms with Crippen LogP contribution in [-0.2, 0) is 13.1 Å². The van der Waals surface area contributed by atoms with Crippen molar-refractivity contribution in [1.82, 2.24) is 14.5 Å². The number of benzene rings is 2. The second-order valence-corrected chi connectivity index (χ2v) is 7.17. The lowest BCUT2D eigenvalue weighted by Crippen LogP contribution is -2.48. The highest BCUT2D eigenvalue weighted by Gasteiger charge is 2.20. The van der Waals surface area contributed by atoms with Crippen LogP contribution in [0.3, 0.4) is 0 Å². The van der Waals surface area contributed by atoms with Gasteiger partial charge in [0.25, 0.3) is 5.56 Å². The number of aromatic nitrogens is 2. The van der Waals surface area contributed by atoms with Crippen LogP contribution in [-0.4, -0.2) is 40.6 Å². The molecular formula is C23H26N4O. The van der Waals surface area contributed by atoms with E-state index in [9.17, 15) is 4.79 Å². The van der Waals surface area contributed by atoms with Gasteiger partial charge in [0.15, 0.2) is 5.82 Å². The molecule has 0 bridgehead atoms. The fraction of sp³-hybridized carbons (Fsp3) is 0.304. The standard InChI is InChI=1S/C23H26N4O/c1-2-26-13-12-24-22(23(26)28)27-16-14-25(15-17-27)18-19-8-10-21(11-9-19)20-6-4-3-5-7-20/h3-13H,2,14-18H2,1H3. The first kappa shape index (κ1) is 18.4. The Hall–Kier alpha value is -2.92. The number of hydrogen-bond donors (Lipinski definition) is 0. The average molecular weight is 374 g/mol. The summed E-state index contributed by atoms with van der Waals surface area (Å²) < 4.78 is 1.71. The molecule has 0 atom stereocenters. The molecule has 1 aromatic heterocycles. The summed E-state index contributed by atoms with van der Waals surface area (Å²) >= 11 is 0. The van der Waals surface area contributed by atoms with E-state index in [-0.39, 0.29) is 5.56 Å². The highest BCUT2D eigenvalue weighted by molar-refractivity contribution is 5.63. The van der Waals surface area contributed by atoms with E-state index in [1.807, 2.05) is 13.0 Å². The molecule has 2 heterocycles. The monoisotopic (exact) mass is 374 g/mol. The normalized spacial score (nSPS) is 15.0. The predicted octanol–water partition coefficient (Wildman–Crippen LogP) is 3.25. The molecule has 0 unspecified atom stereocenters. The van der Waals surface area contributed by atoms with Gasteiger partial charge in [0.1, 0.15) is 0 Å². The fourth-order valence-electron chi connectivity index (χ4n) is 3.71. The number of rotatable bonds is 5. The zero-order valence-electron chi connectivity index (χ0n) is 16.3. The summed E-state index contributed by atoms with van der Waals surface area (Å²) in [6.45, 7) is 7.12. The largest absolute Gasteiger partial charge is 0.349 e. The Morgan fingerprint density at radius 1 is 0.893 bits per heavy atom. The van der Waals surface area contributed by atoms with Crippen molar-refractivity contribution in [2.75, 3.05) is 31.1 Å². The van der Waals surface area contributed by atoms with Gasteiger partial charge in [-0.1, -0.05) is 54.6 Å². The van der Waals surface area contributed by atoms with Gasteiger partial charge < -0.3 is 9.47 Å². The highest BCUT2D eigenvalue weighted by atomic mass is 16.1. The first-order valence-electron chi connectivity index (χ1n) is 9.91. The Labute approximate surface area is 165 Å². The quantitative estimate of drug-likeness (QED) is 0.687. The second kappa shape index (κ2) is 8.40. The van der Waals surface area contributed by atoms with Crippen molar-refractivity contribution in [2.45, 2.75) is 20.0 Å². The van der Waals surface area contributed by atoms with Crippen molar-refractivity contribution in [3.8, 4) is 11.1 Å². The van der Waals surface area contributed by atoms with E-state index in [0.29, 0.717) is 12.4 Å². The number of aryl methyl sites for hydroxylation is 1. The van der Waals surface area contributed by atoms with Crippen LogP contribution in [0.2, 0.25) is 0 Å². The zero-order valence-corrected chi connectivity index (χ0v) is 16.3. The highest BCUT2D eigenvalue weighted by Crippen LogP contribution is 2.20. The van der Waals surface area contributed by atoms with Crippen LogP contribution in [0, 0.1) is 0 Å². The molecule has 144 valence electrons. The van der Waals surface area contributed by atoms with Crippen LogP contribution in [0.5, 0.6) is 0 Å². The van der Waals surface area contributed by atoms with E-state index in [2.05, 4.69) is 63.3 Å². The zero-order chi connectivity index (χ0) is 19.3. The minimum atomic E-state index is 0.00921. The lowest BCUT2D eigenvalue weighted by Gasteiger charge is -2.35. The van der Waals surface area contributed by atoms with Gasteiger partial charge >= 0.3 is 0 Å². The first-order valence-corrected chi connectivity index (χ1v) is 9.91. The topological polar surface area (TPSA) is 41.4 Å². The third-order valence-corrected chi connectivity index (χ3v) is 5.38. The minimum Gasteiger partial charge on any atom is -0.349 e. The van der Waals surface area contributed by atoms with Crippen LogP contribution in [0.15, 0.2) is 71.8 Å². The maximum atomic E-state index is 12.5. The Morgan fingerprint density at radius 2 is 1.57 bits per heavy atom. The Kier molecular flexibility index (Phi) is 5.53. The second-order valence-electron chi connectivity index (χ2n) is 7.17. The van der Waals surface area contributed by atoms with Crippen molar-refractivity contribution < 1.29 is 0 Å². The SMILES string of the molecule is CCn1ccnc(N2CCN(Cc3ccc(-c4ccccc4)cc3)CC2)c1=O. The van der Waals surface area contributed by atoms with Crippen LogP contribution >= 0.6 is 0 Å². The molecule has 4 rings (SSSR count). The van der Waals surface area contributed by atoms with Crippen molar-refractivity contribution in [2.24, 2.45) is 0 Å². The molecule has 0 N–H and O–H groups in total. The molecule has 3 aromatic rings. The number of nitrogens with zero attached hydrogens (tertiary/aromatic N) is 4. The van der Waals surface area contributed by atoms with Gasteiger partial charge in [-0.15, -0.1) is 0 Å². The minimum absolute atomic E-state index is 0.00921. The molecule has 0 saturated carbocycles. The number of hydrogen-bond acceptors (Lipinski definition) is 4. The third kappa shape index (κ3) is 3.99. The molecule has 1 saturated heterocycles. The van der Waals surface area contributed by atoms with E-state index in [0.717, 1.165) is 32.7 Å². The molecular weight excluding hydrogens is 348 g/mol. The van der Waals surface area contributed by atoms with E-state index >= 15 is 0 Å². The molecule has 5 heteroatoms. The molecule has 1 aliphatic rings. The number of piperazine rings is 1. The smallest absolute Gasteiger partial charge is 0.293 e. The molecule has 2 aromatic carbocycles. The Balaban J connectivity index is 1.36. The predicted molar refractivity (Wildman–Crippen MR) is 114 cm³/mol. The van der Waals surface area contributed by atoms with Gasteiger partial charge in [-0.2, -0.15) is 0 Å². The summed E-state index contributed by atoms with van der Waals surface area (Å²) in [5.41, 5.74) is 3.82. The van der Waals surface area contributed by atoms with Gasteiger partial charge in [-0.25, -0.2) is 4.98 Å². The Bertz CT molecular complexity index is 958. The van der Waals surface area contributed by atoms with Crippen LogP contribution < -0.4 is 10.5 Å². The molecule has 0 radical (unpaired) electrons. The molecule has 28 heavy (non-hydrogen) atoms. The summed E-state index contributed by atoms with van der Waals surface area (Å²) in [4.78, 5) is 21.4. The Morgan fingerprint density at radius 3 is 2.25 bits per heavy atom. The van der Waals surface area contributed by atoms with E-state index < -0.39 is 0 Å². The molecule has 1 fully saturated rings. The summed E-state index contributed by atoms with van der Waals surface area (Å²) in [5.74, 6) is 0.580. The first-order chi connectivity index (χ1) is 13.7. The van der Waals surface area contributed by atoms with Crippen LogP contribution in [0.1, 0.15) is 12.5 Å². The lowest BCUT2D eigenvalue weighted by atomic mass is 10.0. The molecule has 1 aliphatic heterocycles. The summed E-state index contributed by atoms with van der Waals surface area (Å²) in [7, 11) is 0. The fourth-order valence-corrected chi connectivity index (χ4v) is 3.71.